The number of hydrogen-bond acceptors (Lipinski definition) is 4. The molecule has 1 unspecified atom stereocenters. The lowest BCUT2D eigenvalue weighted by molar-refractivity contribution is -0.119. The molecule has 0 spiro atoms. The summed E-state index contributed by atoms with van der Waals surface area (Å²) >= 11 is 3.30. The molecule has 1 aromatic heterocycles. The van der Waals surface area contributed by atoms with Crippen LogP contribution >= 0.6 is 15.9 Å². The maximum atomic E-state index is 12.2. The second-order valence-electron chi connectivity index (χ2n) is 4.26. The zero-order valence-corrected chi connectivity index (χ0v) is 12.7. The highest BCUT2D eigenvalue weighted by molar-refractivity contribution is 9.10. The minimum atomic E-state index is -0.451. The largest absolute Gasteiger partial charge is 0.495 e. The molecule has 20 heavy (non-hydrogen) atoms. The van der Waals surface area contributed by atoms with Gasteiger partial charge in [-0.05, 0) is 41.1 Å². The van der Waals surface area contributed by atoms with Crippen LogP contribution in [0.5, 0.6) is 5.75 Å². The normalized spacial score (nSPS) is 11.9. The molecule has 2 rings (SSSR count). The van der Waals surface area contributed by atoms with Crippen LogP contribution in [0, 0.1) is 0 Å². The summed E-state index contributed by atoms with van der Waals surface area (Å²) in [6.07, 6.45) is 3.37. The molecular weight excluding hydrogens is 324 g/mol. The molecule has 3 N–H and O–H groups in total. The van der Waals surface area contributed by atoms with Crippen molar-refractivity contribution < 1.29 is 9.53 Å². The third-order valence-electron chi connectivity index (χ3n) is 2.83. The summed E-state index contributed by atoms with van der Waals surface area (Å²) < 4.78 is 7.58. The lowest BCUT2D eigenvalue weighted by atomic mass is 10.2. The van der Waals surface area contributed by atoms with Gasteiger partial charge in [0.15, 0.2) is 0 Å². The number of hydrogen-bond donors (Lipinski definition) is 2. The number of benzene rings is 1. The van der Waals surface area contributed by atoms with Gasteiger partial charge in [0.05, 0.1) is 23.5 Å². The molecular formula is C13H15BrN4O2. The Kier molecular flexibility index (Phi) is 4.29. The van der Waals surface area contributed by atoms with Gasteiger partial charge in [-0.25, -0.2) is 0 Å². The molecule has 1 amide bonds. The van der Waals surface area contributed by atoms with Crippen LogP contribution in [0.3, 0.4) is 0 Å². The van der Waals surface area contributed by atoms with E-state index in [1.807, 2.05) is 0 Å². The van der Waals surface area contributed by atoms with Crippen LogP contribution in [-0.4, -0.2) is 22.8 Å². The van der Waals surface area contributed by atoms with Gasteiger partial charge in [0.1, 0.15) is 11.8 Å². The first-order valence-electron chi connectivity index (χ1n) is 5.95. The molecule has 6 nitrogen and oxygen atoms in total. The number of nitrogens with zero attached hydrogens (tertiary/aromatic N) is 2. The average molecular weight is 339 g/mol. The molecule has 0 fully saturated rings. The Labute approximate surface area is 125 Å². The van der Waals surface area contributed by atoms with E-state index in [0.717, 1.165) is 4.47 Å². The van der Waals surface area contributed by atoms with Crippen molar-refractivity contribution in [1.29, 1.82) is 0 Å². The maximum absolute atomic E-state index is 12.2. The molecule has 1 atom stereocenters. The van der Waals surface area contributed by atoms with Crippen molar-refractivity contribution in [3.8, 4) is 5.75 Å². The summed E-state index contributed by atoms with van der Waals surface area (Å²) in [6, 6.07) is 4.62. The van der Waals surface area contributed by atoms with Gasteiger partial charge in [-0.2, -0.15) is 5.10 Å². The van der Waals surface area contributed by atoms with Gasteiger partial charge in [-0.3, -0.25) is 9.48 Å². The standard InChI is InChI=1S/C13H15BrN4O2/c1-8(18-7-9(14)6-16-18)13(19)17-11-5-10(15)3-4-12(11)20-2/h3-8H,15H2,1-2H3,(H,17,19). The number of nitrogens with two attached hydrogens (primary N) is 1. The Bertz CT molecular complexity index is 627. The molecule has 0 radical (unpaired) electrons. The lowest BCUT2D eigenvalue weighted by Crippen LogP contribution is -2.24. The third kappa shape index (κ3) is 3.11. The molecule has 0 aliphatic rings. The van der Waals surface area contributed by atoms with Crippen molar-refractivity contribution in [3.63, 3.8) is 0 Å². The van der Waals surface area contributed by atoms with Gasteiger partial charge >= 0.3 is 0 Å². The Morgan fingerprint density at radius 3 is 2.90 bits per heavy atom. The fraction of sp³-hybridized carbons (Fsp3) is 0.231. The number of aromatic nitrogens is 2. The van der Waals surface area contributed by atoms with Gasteiger partial charge in [0.2, 0.25) is 5.91 Å². The van der Waals surface area contributed by atoms with E-state index in [1.54, 1.807) is 42.2 Å². The summed E-state index contributed by atoms with van der Waals surface area (Å²) in [5, 5.41) is 6.88. The minimum absolute atomic E-state index is 0.204. The molecule has 7 heteroatoms. The van der Waals surface area contributed by atoms with E-state index >= 15 is 0 Å². The van der Waals surface area contributed by atoms with Crippen LogP contribution in [0.15, 0.2) is 35.1 Å². The highest BCUT2D eigenvalue weighted by Crippen LogP contribution is 2.27. The minimum Gasteiger partial charge on any atom is -0.495 e. The summed E-state index contributed by atoms with van der Waals surface area (Å²) in [7, 11) is 1.54. The van der Waals surface area contributed by atoms with Crippen molar-refractivity contribution >= 4 is 33.2 Å². The number of rotatable bonds is 4. The summed E-state index contributed by atoms with van der Waals surface area (Å²) in [5.74, 6) is 0.353. The molecule has 1 aromatic carbocycles. The third-order valence-corrected chi connectivity index (χ3v) is 3.24. The molecule has 106 valence electrons. The van der Waals surface area contributed by atoms with Crippen molar-refractivity contribution in [2.24, 2.45) is 0 Å². The molecule has 0 saturated carbocycles. The smallest absolute Gasteiger partial charge is 0.249 e. The van der Waals surface area contributed by atoms with Crippen molar-refractivity contribution in [2.45, 2.75) is 13.0 Å². The summed E-state index contributed by atoms with van der Waals surface area (Å²) in [5.41, 5.74) is 6.81. The Morgan fingerprint density at radius 1 is 1.55 bits per heavy atom. The van der Waals surface area contributed by atoms with Gasteiger partial charge in [-0.1, -0.05) is 0 Å². The van der Waals surface area contributed by atoms with Gasteiger partial charge in [-0.15, -0.1) is 0 Å². The number of amides is 1. The van der Waals surface area contributed by atoms with Crippen LogP contribution in [0.2, 0.25) is 0 Å². The van der Waals surface area contributed by atoms with Crippen LogP contribution < -0.4 is 15.8 Å². The number of methoxy groups -OCH3 is 1. The number of nitrogens with one attached hydrogen (secondary N) is 1. The molecule has 0 saturated heterocycles. The molecule has 1 heterocycles. The fourth-order valence-electron chi connectivity index (χ4n) is 1.71. The van der Waals surface area contributed by atoms with E-state index in [-0.39, 0.29) is 5.91 Å². The first-order valence-corrected chi connectivity index (χ1v) is 6.74. The van der Waals surface area contributed by atoms with Gasteiger partial charge in [0, 0.05) is 11.9 Å². The Morgan fingerprint density at radius 2 is 2.30 bits per heavy atom. The monoisotopic (exact) mass is 338 g/mol. The number of nitrogen functional groups attached to an aromatic ring is 1. The van der Waals surface area contributed by atoms with E-state index < -0.39 is 6.04 Å². The number of carbonyl (C=O) groups is 1. The average Bonchev–Trinajstić information content (AvgIpc) is 2.84. The predicted octanol–water partition coefficient (Wildman–Crippen LogP) is 2.44. The number of carbonyl (C=O) groups excluding carboxylic acids is 1. The van der Waals surface area contributed by atoms with Crippen molar-refractivity contribution in [1.82, 2.24) is 9.78 Å². The molecule has 0 bridgehead atoms. The number of halogens is 1. The highest BCUT2D eigenvalue weighted by Gasteiger charge is 2.17. The van der Waals surface area contributed by atoms with E-state index in [0.29, 0.717) is 17.1 Å². The summed E-state index contributed by atoms with van der Waals surface area (Å²) in [4.78, 5) is 12.2. The number of anilines is 2. The van der Waals surface area contributed by atoms with E-state index in [2.05, 4.69) is 26.3 Å². The number of ether oxygens (including phenoxy) is 1. The second kappa shape index (κ2) is 5.96. The van der Waals surface area contributed by atoms with Crippen LogP contribution in [0.1, 0.15) is 13.0 Å². The first kappa shape index (κ1) is 14.4. The van der Waals surface area contributed by atoms with Gasteiger partial charge < -0.3 is 15.8 Å². The van der Waals surface area contributed by atoms with Crippen LogP contribution in [0.4, 0.5) is 11.4 Å². The zero-order chi connectivity index (χ0) is 14.7. The van der Waals surface area contributed by atoms with E-state index in [1.165, 1.54) is 7.11 Å². The van der Waals surface area contributed by atoms with Gasteiger partial charge in [0.25, 0.3) is 0 Å². The summed E-state index contributed by atoms with van der Waals surface area (Å²) in [6.45, 7) is 1.76. The lowest BCUT2D eigenvalue weighted by Gasteiger charge is -2.15. The SMILES string of the molecule is COc1ccc(N)cc1NC(=O)C(C)n1cc(Br)cn1. The zero-order valence-electron chi connectivity index (χ0n) is 11.1. The molecule has 0 aliphatic heterocycles. The highest BCUT2D eigenvalue weighted by atomic mass is 79.9. The Balaban J connectivity index is 2.17. The maximum Gasteiger partial charge on any atom is 0.249 e. The Hall–Kier alpha value is -2.02. The van der Waals surface area contributed by atoms with Crippen molar-refractivity contribution in [3.05, 3.63) is 35.1 Å². The van der Waals surface area contributed by atoms with Crippen LogP contribution in [0.25, 0.3) is 0 Å². The van der Waals surface area contributed by atoms with E-state index in [4.69, 9.17) is 10.5 Å². The van der Waals surface area contributed by atoms with Crippen molar-refractivity contribution in [2.75, 3.05) is 18.2 Å². The quantitative estimate of drug-likeness (QED) is 0.839. The molecule has 0 aliphatic carbocycles. The first-order chi connectivity index (χ1) is 9.51. The molecule has 2 aromatic rings. The topological polar surface area (TPSA) is 82.2 Å². The fourth-order valence-corrected chi connectivity index (χ4v) is 2.01. The van der Waals surface area contributed by atoms with E-state index in [9.17, 15) is 4.79 Å². The second-order valence-corrected chi connectivity index (χ2v) is 5.18. The predicted molar refractivity (Wildman–Crippen MR) is 80.7 cm³/mol. The van der Waals surface area contributed by atoms with Crippen LogP contribution in [-0.2, 0) is 4.79 Å².